The van der Waals surface area contributed by atoms with E-state index in [1.165, 1.54) is 63.7 Å². The molecule has 2 aromatic carbocycles. The third kappa shape index (κ3) is 2.26. The van der Waals surface area contributed by atoms with Crippen LogP contribution < -0.4 is 4.57 Å². The van der Waals surface area contributed by atoms with Gasteiger partial charge in [-0.3, -0.25) is 0 Å². The molecule has 1 aliphatic rings. The Bertz CT molecular complexity index is 979. The van der Waals surface area contributed by atoms with Gasteiger partial charge in [0.15, 0.2) is 5.69 Å². The van der Waals surface area contributed by atoms with Crippen LogP contribution in [0.2, 0.25) is 0 Å². The minimum atomic E-state index is 1.23. The van der Waals surface area contributed by atoms with Crippen LogP contribution in [0, 0.1) is 27.7 Å². The number of hydrogen-bond acceptors (Lipinski definition) is 0. The van der Waals surface area contributed by atoms with Crippen molar-refractivity contribution >= 4 is 10.8 Å². The highest BCUT2D eigenvalue weighted by Gasteiger charge is 2.23. The number of hydrogen-bond donors (Lipinski definition) is 0. The normalized spacial score (nSPS) is 13.5. The number of nitrogens with zero attached hydrogens (tertiary/aromatic N) is 1. The summed E-state index contributed by atoms with van der Waals surface area (Å²) in [5, 5.41) is 2.79. The van der Waals surface area contributed by atoms with Gasteiger partial charge in [-0.15, -0.1) is 0 Å². The highest BCUT2D eigenvalue weighted by Crippen LogP contribution is 2.34. The van der Waals surface area contributed by atoms with Crippen molar-refractivity contribution in [2.45, 2.75) is 47.0 Å². The predicted octanol–water partition coefficient (Wildman–Crippen LogP) is 5.05. The van der Waals surface area contributed by atoms with E-state index in [0.29, 0.717) is 0 Å². The zero-order valence-corrected chi connectivity index (χ0v) is 15.5. The van der Waals surface area contributed by atoms with Gasteiger partial charge < -0.3 is 0 Å². The van der Waals surface area contributed by atoms with Crippen LogP contribution in [0.4, 0.5) is 0 Å². The minimum Gasteiger partial charge on any atom is -0.198 e. The van der Waals surface area contributed by atoms with Crippen molar-refractivity contribution in [3.63, 3.8) is 0 Å². The average molecular weight is 316 g/mol. The molecular formula is C23H26N+. The Balaban J connectivity index is 2.13. The zero-order valence-electron chi connectivity index (χ0n) is 15.5. The Hall–Kier alpha value is -2.15. The Morgan fingerprint density at radius 2 is 1.54 bits per heavy atom. The lowest BCUT2D eigenvalue weighted by atomic mass is 9.93. The Morgan fingerprint density at radius 3 is 2.29 bits per heavy atom. The molecule has 1 heterocycles. The van der Waals surface area contributed by atoms with Crippen LogP contribution in [-0.4, -0.2) is 0 Å². The molecule has 1 heteroatoms. The van der Waals surface area contributed by atoms with Gasteiger partial charge in [0.1, 0.15) is 7.05 Å². The molecule has 0 unspecified atom stereocenters. The van der Waals surface area contributed by atoms with Crippen molar-refractivity contribution in [3.05, 3.63) is 63.8 Å². The van der Waals surface area contributed by atoms with E-state index in [9.17, 15) is 0 Å². The van der Waals surface area contributed by atoms with Gasteiger partial charge in [-0.2, -0.15) is 4.57 Å². The number of pyridine rings is 1. The SMILES string of the molecule is Cc1cc(C)c(C)c(-c2c3cc4c(cc3cc(C)[n+]2C)CCC4)c1. The molecule has 0 amide bonds. The van der Waals surface area contributed by atoms with E-state index >= 15 is 0 Å². The van der Waals surface area contributed by atoms with E-state index in [1.54, 1.807) is 11.1 Å². The van der Waals surface area contributed by atoms with E-state index in [-0.39, 0.29) is 0 Å². The monoisotopic (exact) mass is 316 g/mol. The summed E-state index contributed by atoms with van der Waals surface area (Å²) in [6, 6.07) is 11.9. The van der Waals surface area contributed by atoms with Gasteiger partial charge in [-0.1, -0.05) is 17.7 Å². The summed E-state index contributed by atoms with van der Waals surface area (Å²) >= 11 is 0. The van der Waals surface area contributed by atoms with Gasteiger partial charge in [0.25, 0.3) is 0 Å². The van der Waals surface area contributed by atoms with E-state index in [4.69, 9.17) is 0 Å². The van der Waals surface area contributed by atoms with Gasteiger partial charge >= 0.3 is 0 Å². The van der Waals surface area contributed by atoms with Gasteiger partial charge in [0, 0.05) is 13.0 Å². The van der Waals surface area contributed by atoms with Gasteiger partial charge in [0.05, 0.1) is 10.9 Å². The number of rotatable bonds is 1. The molecular weight excluding hydrogens is 290 g/mol. The Morgan fingerprint density at radius 1 is 0.833 bits per heavy atom. The van der Waals surface area contributed by atoms with Crippen LogP contribution in [0.3, 0.4) is 0 Å². The molecule has 0 spiro atoms. The fraction of sp³-hybridized carbons (Fsp3) is 0.348. The first-order valence-corrected chi connectivity index (χ1v) is 8.99. The van der Waals surface area contributed by atoms with Crippen LogP contribution in [0.5, 0.6) is 0 Å². The molecule has 1 aliphatic carbocycles. The van der Waals surface area contributed by atoms with Crippen molar-refractivity contribution in [3.8, 4) is 11.3 Å². The summed E-state index contributed by atoms with van der Waals surface area (Å²) in [6.07, 6.45) is 3.77. The van der Waals surface area contributed by atoms with Crippen molar-refractivity contribution in [1.29, 1.82) is 0 Å². The van der Waals surface area contributed by atoms with E-state index in [0.717, 1.165) is 0 Å². The Labute approximate surface area is 145 Å². The van der Waals surface area contributed by atoms with Crippen molar-refractivity contribution < 1.29 is 4.57 Å². The highest BCUT2D eigenvalue weighted by atomic mass is 14.9. The van der Waals surface area contributed by atoms with E-state index in [2.05, 4.69) is 69.6 Å². The fourth-order valence-electron chi connectivity index (χ4n) is 4.26. The van der Waals surface area contributed by atoms with Crippen LogP contribution in [-0.2, 0) is 19.9 Å². The zero-order chi connectivity index (χ0) is 17.0. The molecule has 0 bridgehead atoms. The molecule has 0 saturated carbocycles. The fourth-order valence-corrected chi connectivity index (χ4v) is 4.26. The van der Waals surface area contributed by atoms with Crippen molar-refractivity contribution in [2.24, 2.45) is 7.05 Å². The summed E-state index contributed by atoms with van der Waals surface area (Å²) in [6.45, 7) is 8.90. The molecule has 0 atom stereocenters. The molecule has 0 fully saturated rings. The molecule has 0 aliphatic heterocycles. The maximum atomic E-state index is 2.46. The molecule has 3 aromatic rings. The van der Waals surface area contributed by atoms with Gasteiger partial charge in [-0.25, -0.2) is 0 Å². The molecule has 4 rings (SSSR count). The predicted molar refractivity (Wildman–Crippen MR) is 102 cm³/mol. The molecule has 1 nitrogen and oxygen atoms in total. The second-order valence-electron chi connectivity index (χ2n) is 7.51. The number of aromatic nitrogens is 1. The lowest BCUT2D eigenvalue weighted by Gasteiger charge is -2.14. The molecule has 0 N–H and O–H groups in total. The molecule has 122 valence electrons. The van der Waals surface area contributed by atoms with Crippen molar-refractivity contribution in [2.75, 3.05) is 0 Å². The van der Waals surface area contributed by atoms with E-state index < -0.39 is 0 Å². The lowest BCUT2D eigenvalue weighted by Crippen LogP contribution is -2.35. The Kier molecular flexibility index (Phi) is 3.49. The second kappa shape index (κ2) is 5.44. The lowest BCUT2D eigenvalue weighted by molar-refractivity contribution is -0.665. The van der Waals surface area contributed by atoms with Crippen LogP contribution in [0.15, 0.2) is 30.3 Å². The number of aryl methyl sites for hydroxylation is 5. The first kappa shape index (κ1) is 15.4. The highest BCUT2D eigenvalue weighted by molar-refractivity contribution is 5.95. The van der Waals surface area contributed by atoms with E-state index in [1.807, 2.05) is 0 Å². The minimum absolute atomic E-state index is 1.23. The standard InChI is InChI=1S/C23H26N/c1-14-9-15(2)17(4)21(10-14)23-22-13-19-8-6-7-18(19)12-20(22)11-16(3)24(23)5/h9-13H,6-8H2,1-5H3/q+1. The first-order valence-electron chi connectivity index (χ1n) is 8.99. The maximum absolute atomic E-state index is 2.46. The summed E-state index contributed by atoms with van der Waals surface area (Å²) in [5.41, 5.74) is 11.3. The number of benzene rings is 2. The molecule has 0 radical (unpaired) electrons. The summed E-state index contributed by atoms with van der Waals surface area (Å²) in [7, 11) is 2.20. The third-order valence-corrected chi connectivity index (χ3v) is 5.81. The molecule has 0 saturated heterocycles. The molecule has 24 heavy (non-hydrogen) atoms. The maximum Gasteiger partial charge on any atom is 0.220 e. The first-order chi connectivity index (χ1) is 11.5. The second-order valence-corrected chi connectivity index (χ2v) is 7.51. The molecule has 1 aromatic heterocycles. The van der Waals surface area contributed by atoms with Crippen LogP contribution >= 0.6 is 0 Å². The summed E-state index contributed by atoms with van der Waals surface area (Å²) in [4.78, 5) is 0. The summed E-state index contributed by atoms with van der Waals surface area (Å²) in [5.74, 6) is 0. The van der Waals surface area contributed by atoms with Crippen molar-refractivity contribution in [1.82, 2.24) is 0 Å². The smallest absolute Gasteiger partial charge is 0.198 e. The van der Waals surface area contributed by atoms with Crippen LogP contribution in [0.1, 0.15) is 39.9 Å². The topological polar surface area (TPSA) is 3.88 Å². The van der Waals surface area contributed by atoms with Crippen LogP contribution in [0.25, 0.3) is 22.0 Å². The summed E-state index contributed by atoms with van der Waals surface area (Å²) < 4.78 is 2.37. The number of fused-ring (bicyclic) bond motifs is 2. The largest absolute Gasteiger partial charge is 0.220 e. The third-order valence-electron chi connectivity index (χ3n) is 5.81. The quantitative estimate of drug-likeness (QED) is 0.553. The van der Waals surface area contributed by atoms with Gasteiger partial charge in [-0.05, 0) is 79.8 Å². The average Bonchev–Trinajstić information content (AvgIpc) is 2.98. The van der Waals surface area contributed by atoms with Gasteiger partial charge in [0.2, 0.25) is 5.69 Å².